The third kappa shape index (κ3) is 1.74. The fraction of sp³-hybridized carbons (Fsp3) is 0.500. The fourth-order valence-electron chi connectivity index (χ4n) is 2.60. The summed E-state index contributed by atoms with van der Waals surface area (Å²) >= 11 is 0. The predicted octanol–water partition coefficient (Wildman–Crippen LogP) is 2.89. The standard InChI is InChI=1S/C14H16FNO/c1-8-3-5-10(6-4-8)14-16-12-7-11(15)9(2)13(12)17-14/h3-6,9,11-13H,7H2,1-2H3. The second-order valence-electron chi connectivity index (χ2n) is 5.06. The zero-order chi connectivity index (χ0) is 12.0. The first-order valence-electron chi connectivity index (χ1n) is 6.11. The van der Waals surface area contributed by atoms with Crippen LogP contribution in [-0.2, 0) is 4.74 Å². The zero-order valence-corrected chi connectivity index (χ0v) is 10.1. The van der Waals surface area contributed by atoms with E-state index in [0.29, 0.717) is 12.3 Å². The van der Waals surface area contributed by atoms with Crippen LogP contribution in [0.15, 0.2) is 29.3 Å². The van der Waals surface area contributed by atoms with Gasteiger partial charge in [-0.3, -0.25) is 0 Å². The van der Waals surface area contributed by atoms with E-state index in [4.69, 9.17) is 4.74 Å². The Bertz CT molecular complexity index is 454. The molecule has 1 aromatic rings. The Hall–Kier alpha value is -1.38. The summed E-state index contributed by atoms with van der Waals surface area (Å²) in [5, 5.41) is 0. The first-order chi connectivity index (χ1) is 8.15. The summed E-state index contributed by atoms with van der Waals surface area (Å²) in [6.07, 6.45) is -0.337. The van der Waals surface area contributed by atoms with Gasteiger partial charge < -0.3 is 4.74 Å². The van der Waals surface area contributed by atoms with Crippen molar-refractivity contribution in [3.8, 4) is 0 Å². The van der Waals surface area contributed by atoms with Gasteiger partial charge in [0, 0.05) is 17.9 Å². The van der Waals surface area contributed by atoms with E-state index in [1.807, 2.05) is 38.1 Å². The second kappa shape index (κ2) is 3.83. The van der Waals surface area contributed by atoms with Crippen LogP contribution in [0.5, 0.6) is 0 Å². The van der Waals surface area contributed by atoms with Crippen LogP contribution in [0.2, 0.25) is 0 Å². The van der Waals surface area contributed by atoms with Gasteiger partial charge in [0.25, 0.3) is 0 Å². The lowest BCUT2D eigenvalue weighted by Crippen LogP contribution is -2.23. The molecule has 0 N–H and O–H groups in total. The number of ether oxygens (including phenoxy) is 1. The summed E-state index contributed by atoms with van der Waals surface area (Å²) in [5.74, 6) is 0.630. The Morgan fingerprint density at radius 2 is 2.00 bits per heavy atom. The number of fused-ring (bicyclic) bond motifs is 1. The van der Waals surface area contributed by atoms with Crippen molar-refractivity contribution in [3.05, 3.63) is 35.4 Å². The normalized spacial score (nSPS) is 35.4. The van der Waals surface area contributed by atoms with E-state index in [-0.39, 0.29) is 18.1 Å². The molecule has 1 aromatic carbocycles. The molecular weight excluding hydrogens is 217 g/mol. The van der Waals surface area contributed by atoms with Crippen LogP contribution in [-0.4, -0.2) is 24.2 Å². The topological polar surface area (TPSA) is 21.6 Å². The van der Waals surface area contributed by atoms with Gasteiger partial charge in [0.15, 0.2) is 0 Å². The van der Waals surface area contributed by atoms with Gasteiger partial charge >= 0.3 is 0 Å². The maximum Gasteiger partial charge on any atom is 0.216 e. The molecule has 1 heterocycles. The van der Waals surface area contributed by atoms with Crippen LogP contribution in [0.3, 0.4) is 0 Å². The van der Waals surface area contributed by atoms with Gasteiger partial charge in [-0.2, -0.15) is 0 Å². The lowest BCUT2D eigenvalue weighted by molar-refractivity contribution is 0.137. The molecule has 0 spiro atoms. The average molecular weight is 233 g/mol. The highest BCUT2D eigenvalue weighted by Crippen LogP contribution is 2.37. The van der Waals surface area contributed by atoms with Crippen molar-refractivity contribution in [1.29, 1.82) is 0 Å². The number of aliphatic imine (C=N–C) groups is 1. The van der Waals surface area contributed by atoms with Crippen LogP contribution in [0.25, 0.3) is 0 Å². The van der Waals surface area contributed by atoms with E-state index in [0.717, 1.165) is 5.56 Å². The van der Waals surface area contributed by atoms with Gasteiger partial charge in [0.05, 0.1) is 6.04 Å². The highest BCUT2D eigenvalue weighted by Gasteiger charge is 2.46. The minimum absolute atomic E-state index is 0.0105. The Morgan fingerprint density at radius 3 is 2.65 bits per heavy atom. The molecule has 1 aliphatic carbocycles. The molecule has 90 valence electrons. The van der Waals surface area contributed by atoms with Crippen LogP contribution in [0, 0.1) is 12.8 Å². The van der Waals surface area contributed by atoms with Crippen LogP contribution < -0.4 is 0 Å². The first-order valence-corrected chi connectivity index (χ1v) is 6.11. The summed E-state index contributed by atoms with van der Waals surface area (Å²) in [6, 6.07) is 8.10. The zero-order valence-electron chi connectivity index (χ0n) is 10.1. The minimum Gasteiger partial charge on any atom is -0.471 e. The first kappa shape index (κ1) is 10.8. The van der Waals surface area contributed by atoms with E-state index in [1.54, 1.807) is 0 Å². The maximum absolute atomic E-state index is 13.5. The van der Waals surface area contributed by atoms with Crippen molar-refractivity contribution >= 4 is 5.90 Å². The molecule has 1 saturated carbocycles. The number of hydrogen-bond donors (Lipinski definition) is 0. The van der Waals surface area contributed by atoms with Crippen molar-refractivity contribution in [1.82, 2.24) is 0 Å². The maximum atomic E-state index is 13.5. The SMILES string of the molecule is Cc1ccc(C2=NC3CC(F)C(C)C3O2)cc1. The lowest BCUT2D eigenvalue weighted by Gasteiger charge is -2.15. The number of benzene rings is 1. The van der Waals surface area contributed by atoms with E-state index >= 15 is 0 Å². The van der Waals surface area contributed by atoms with Gasteiger partial charge in [0.1, 0.15) is 12.3 Å². The van der Waals surface area contributed by atoms with E-state index < -0.39 is 6.17 Å². The number of halogens is 1. The van der Waals surface area contributed by atoms with E-state index in [2.05, 4.69) is 4.99 Å². The Morgan fingerprint density at radius 1 is 1.29 bits per heavy atom. The Kier molecular flexibility index (Phi) is 2.42. The van der Waals surface area contributed by atoms with Gasteiger partial charge in [-0.15, -0.1) is 0 Å². The fourth-order valence-corrected chi connectivity index (χ4v) is 2.60. The summed E-state index contributed by atoms with van der Waals surface area (Å²) in [5.41, 5.74) is 2.21. The highest BCUT2D eigenvalue weighted by atomic mass is 19.1. The number of aryl methyl sites for hydroxylation is 1. The molecule has 3 heteroatoms. The molecule has 1 fully saturated rings. The van der Waals surface area contributed by atoms with Gasteiger partial charge in [-0.25, -0.2) is 9.38 Å². The summed E-state index contributed by atoms with van der Waals surface area (Å²) in [4.78, 5) is 4.51. The minimum atomic E-state index is -0.770. The highest BCUT2D eigenvalue weighted by molar-refractivity contribution is 5.95. The smallest absolute Gasteiger partial charge is 0.216 e. The monoisotopic (exact) mass is 233 g/mol. The van der Waals surface area contributed by atoms with Crippen LogP contribution in [0.1, 0.15) is 24.5 Å². The molecule has 0 aromatic heterocycles. The Balaban J connectivity index is 1.84. The molecule has 0 radical (unpaired) electrons. The average Bonchev–Trinajstić information content (AvgIpc) is 2.82. The molecule has 1 aliphatic heterocycles. The van der Waals surface area contributed by atoms with Gasteiger partial charge in [-0.1, -0.05) is 24.6 Å². The van der Waals surface area contributed by atoms with Crippen LogP contribution in [0.4, 0.5) is 4.39 Å². The molecule has 4 unspecified atom stereocenters. The number of alkyl halides is 1. The van der Waals surface area contributed by atoms with Crippen molar-refractivity contribution in [2.75, 3.05) is 0 Å². The molecule has 0 bridgehead atoms. The third-order valence-corrected chi connectivity index (χ3v) is 3.76. The van der Waals surface area contributed by atoms with E-state index in [1.165, 1.54) is 5.56 Å². The molecular formula is C14H16FNO. The lowest BCUT2D eigenvalue weighted by atomic mass is 10.1. The quantitative estimate of drug-likeness (QED) is 0.731. The molecule has 3 rings (SSSR count). The second-order valence-corrected chi connectivity index (χ2v) is 5.06. The largest absolute Gasteiger partial charge is 0.471 e. The Labute approximate surface area is 101 Å². The summed E-state index contributed by atoms with van der Waals surface area (Å²) in [7, 11) is 0. The molecule has 4 atom stereocenters. The van der Waals surface area contributed by atoms with Crippen molar-refractivity contribution in [2.24, 2.45) is 10.9 Å². The van der Waals surface area contributed by atoms with Crippen molar-refractivity contribution in [2.45, 2.75) is 38.6 Å². The van der Waals surface area contributed by atoms with Crippen molar-refractivity contribution < 1.29 is 9.13 Å². The molecule has 2 nitrogen and oxygen atoms in total. The number of rotatable bonds is 1. The van der Waals surface area contributed by atoms with Gasteiger partial charge in [-0.05, 0) is 19.1 Å². The van der Waals surface area contributed by atoms with Crippen LogP contribution >= 0.6 is 0 Å². The molecule has 17 heavy (non-hydrogen) atoms. The van der Waals surface area contributed by atoms with Gasteiger partial charge in [0.2, 0.25) is 5.90 Å². The summed E-state index contributed by atoms with van der Waals surface area (Å²) in [6.45, 7) is 3.95. The molecule has 0 amide bonds. The number of nitrogens with zero attached hydrogens (tertiary/aromatic N) is 1. The van der Waals surface area contributed by atoms with Crippen molar-refractivity contribution in [3.63, 3.8) is 0 Å². The summed E-state index contributed by atoms with van der Waals surface area (Å²) < 4.78 is 19.3. The third-order valence-electron chi connectivity index (χ3n) is 3.76. The molecule has 0 saturated heterocycles. The molecule has 2 aliphatic rings. The predicted molar refractivity (Wildman–Crippen MR) is 65.1 cm³/mol. The number of hydrogen-bond acceptors (Lipinski definition) is 2. The van der Waals surface area contributed by atoms with E-state index in [9.17, 15) is 4.39 Å².